The topological polar surface area (TPSA) is 43.4 Å². The summed E-state index contributed by atoms with van der Waals surface area (Å²) in [4.78, 5) is 24.0. The second-order valence-corrected chi connectivity index (χ2v) is 9.10. The lowest BCUT2D eigenvalue weighted by Crippen LogP contribution is -2.51. The van der Waals surface area contributed by atoms with Gasteiger partial charge < -0.3 is 4.74 Å². The summed E-state index contributed by atoms with van der Waals surface area (Å²) in [5, 5.41) is 0. The maximum atomic E-state index is 12.5. The molecular weight excluding hydrogens is 300 g/mol. The smallest absolute Gasteiger partial charge is 0.303 e. The van der Waals surface area contributed by atoms with Gasteiger partial charge in [0.1, 0.15) is 11.9 Å². The molecule has 0 amide bonds. The summed E-state index contributed by atoms with van der Waals surface area (Å²) in [5.74, 6) is 2.20. The van der Waals surface area contributed by atoms with Crippen LogP contribution in [0.4, 0.5) is 0 Å². The van der Waals surface area contributed by atoms with E-state index in [2.05, 4.69) is 19.9 Å². The monoisotopic (exact) mass is 330 g/mol. The Labute approximate surface area is 145 Å². The van der Waals surface area contributed by atoms with E-state index in [1.807, 2.05) is 0 Å². The van der Waals surface area contributed by atoms with Gasteiger partial charge in [-0.3, -0.25) is 9.59 Å². The average Bonchev–Trinajstić information content (AvgIpc) is 2.82. The Morgan fingerprint density at radius 2 is 1.88 bits per heavy atom. The van der Waals surface area contributed by atoms with Gasteiger partial charge in [0.05, 0.1) is 0 Å². The lowest BCUT2D eigenvalue weighted by molar-refractivity contribution is -0.148. The van der Waals surface area contributed by atoms with Gasteiger partial charge in [0, 0.05) is 18.8 Å². The molecule has 0 aliphatic heterocycles. The summed E-state index contributed by atoms with van der Waals surface area (Å²) in [7, 11) is 0. The van der Waals surface area contributed by atoms with Gasteiger partial charge in [0.15, 0.2) is 0 Å². The molecule has 4 aliphatic rings. The van der Waals surface area contributed by atoms with Gasteiger partial charge in [-0.2, -0.15) is 0 Å². The Kier molecular flexibility index (Phi) is 3.71. The third-order valence-electron chi connectivity index (χ3n) is 8.05. The van der Waals surface area contributed by atoms with Crippen molar-refractivity contribution >= 4 is 11.8 Å². The van der Waals surface area contributed by atoms with Crippen LogP contribution in [0.5, 0.6) is 0 Å². The Hall–Kier alpha value is -1.12. The largest absolute Gasteiger partial charge is 0.458 e. The van der Waals surface area contributed by atoms with Crippen LogP contribution in [0.3, 0.4) is 0 Å². The molecule has 132 valence electrons. The molecule has 0 spiro atoms. The van der Waals surface area contributed by atoms with Crippen molar-refractivity contribution in [2.24, 2.45) is 28.6 Å². The number of carbonyl (C=O) groups excluding carboxylic acids is 2. The highest BCUT2D eigenvalue weighted by Gasteiger charge is 2.59. The zero-order chi connectivity index (χ0) is 17.1. The molecule has 0 N–H and O–H groups in total. The highest BCUT2D eigenvalue weighted by atomic mass is 16.5. The van der Waals surface area contributed by atoms with Crippen molar-refractivity contribution in [1.82, 2.24) is 0 Å². The molecule has 3 nitrogen and oxygen atoms in total. The van der Waals surface area contributed by atoms with Crippen molar-refractivity contribution in [2.45, 2.75) is 78.2 Å². The Bertz CT molecular complexity index is 606. The van der Waals surface area contributed by atoms with Crippen molar-refractivity contribution in [1.29, 1.82) is 0 Å². The third kappa shape index (κ3) is 2.16. The molecule has 0 saturated heterocycles. The van der Waals surface area contributed by atoms with Crippen LogP contribution in [0.1, 0.15) is 72.1 Å². The van der Waals surface area contributed by atoms with E-state index >= 15 is 0 Å². The maximum Gasteiger partial charge on any atom is 0.303 e. The summed E-state index contributed by atoms with van der Waals surface area (Å²) < 4.78 is 5.67. The van der Waals surface area contributed by atoms with E-state index < -0.39 is 0 Å². The molecule has 4 rings (SSSR count). The highest BCUT2D eigenvalue weighted by Crippen LogP contribution is 2.64. The van der Waals surface area contributed by atoms with Crippen LogP contribution < -0.4 is 0 Å². The quantitative estimate of drug-likeness (QED) is 0.527. The first-order valence-corrected chi connectivity index (χ1v) is 9.77. The molecule has 4 aliphatic carbocycles. The zero-order valence-electron chi connectivity index (χ0n) is 15.3. The summed E-state index contributed by atoms with van der Waals surface area (Å²) in [6, 6.07) is 0. The molecule has 0 heterocycles. The van der Waals surface area contributed by atoms with Gasteiger partial charge in [0.25, 0.3) is 0 Å². The summed E-state index contributed by atoms with van der Waals surface area (Å²) >= 11 is 0. The second kappa shape index (κ2) is 5.44. The van der Waals surface area contributed by atoms with E-state index in [9.17, 15) is 9.59 Å². The van der Waals surface area contributed by atoms with Crippen molar-refractivity contribution < 1.29 is 14.3 Å². The fourth-order valence-electron chi connectivity index (χ4n) is 6.85. The van der Waals surface area contributed by atoms with E-state index in [-0.39, 0.29) is 22.9 Å². The van der Waals surface area contributed by atoms with E-state index in [0.29, 0.717) is 23.5 Å². The van der Waals surface area contributed by atoms with Crippen molar-refractivity contribution in [3.8, 4) is 0 Å². The number of rotatable bonds is 1. The molecule has 6 atom stereocenters. The predicted octanol–water partition coefficient (Wildman–Crippen LogP) is 4.45. The lowest BCUT2D eigenvalue weighted by Gasteiger charge is -2.57. The molecule has 24 heavy (non-hydrogen) atoms. The van der Waals surface area contributed by atoms with Gasteiger partial charge >= 0.3 is 5.97 Å². The molecule has 0 aromatic rings. The first-order chi connectivity index (χ1) is 11.4. The minimum Gasteiger partial charge on any atom is -0.458 e. The van der Waals surface area contributed by atoms with Gasteiger partial charge in [-0.1, -0.05) is 19.9 Å². The molecular formula is C21H30O3. The minimum absolute atomic E-state index is 0.0132. The molecule has 0 bridgehead atoms. The van der Waals surface area contributed by atoms with E-state index in [1.165, 1.54) is 18.9 Å². The minimum atomic E-state index is -0.162. The van der Waals surface area contributed by atoms with Gasteiger partial charge in [-0.05, 0) is 73.7 Å². The molecule has 0 aromatic carbocycles. The predicted molar refractivity (Wildman–Crippen MR) is 92.3 cm³/mol. The van der Waals surface area contributed by atoms with Gasteiger partial charge in [-0.25, -0.2) is 0 Å². The number of fused-ring (bicyclic) bond motifs is 5. The van der Waals surface area contributed by atoms with E-state index in [4.69, 9.17) is 4.74 Å². The number of hydrogen-bond donors (Lipinski definition) is 0. The van der Waals surface area contributed by atoms with Crippen LogP contribution >= 0.6 is 0 Å². The van der Waals surface area contributed by atoms with Crippen molar-refractivity contribution in [3.05, 3.63) is 11.6 Å². The second-order valence-electron chi connectivity index (χ2n) is 9.10. The number of ether oxygens (including phenoxy) is 1. The van der Waals surface area contributed by atoms with Crippen LogP contribution in [0.2, 0.25) is 0 Å². The molecule has 3 heteroatoms. The molecule has 1 unspecified atom stereocenters. The van der Waals surface area contributed by atoms with Crippen molar-refractivity contribution in [2.75, 3.05) is 0 Å². The van der Waals surface area contributed by atoms with Gasteiger partial charge in [-0.15, -0.1) is 0 Å². The third-order valence-corrected chi connectivity index (χ3v) is 8.05. The molecule has 3 fully saturated rings. The van der Waals surface area contributed by atoms with Crippen LogP contribution in [-0.2, 0) is 14.3 Å². The SMILES string of the molecule is CC(=O)OC1CCC[C@@]2(C)C1=CC[C@@H]1[C@@H]2CC[C@]2(C)C(=O)CC[C@@H]12. The summed E-state index contributed by atoms with van der Waals surface area (Å²) in [6.07, 6.45) is 10.8. The maximum absolute atomic E-state index is 12.5. The van der Waals surface area contributed by atoms with Crippen LogP contribution in [-0.4, -0.2) is 17.9 Å². The Balaban J connectivity index is 1.67. The van der Waals surface area contributed by atoms with Crippen LogP contribution in [0, 0.1) is 28.6 Å². The Morgan fingerprint density at radius 1 is 1.12 bits per heavy atom. The number of allylic oxidation sites excluding steroid dienone is 1. The molecule has 0 radical (unpaired) electrons. The van der Waals surface area contributed by atoms with Crippen LogP contribution in [0.15, 0.2) is 11.6 Å². The number of ketones is 1. The van der Waals surface area contributed by atoms with Crippen LogP contribution in [0.25, 0.3) is 0 Å². The number of hydrogen-bond acceptors (Lipinski definition) is 3. The zero-order valence-corrected chi connectivity index (χ0v) is 15.3. The fraction of sp³-hybridized carbons (Fsp3) is 0.810. The number of Topliss-reactive ketones (excluding diaryl/α,β-unsaturated/α-hetero) is 1. The summed E-state index contributed by atoms with van der Waals surface area (Å²) in [6.45, 7) is 6.16. The lowest BCUT2D eigenvalue weighted by atomic mass is 9.48. The van der Waals surface area contributed by atoms with Crippen molar-refractivity contribution in [3.63, 3.8) is 0 Å². The number of esters is 1. The fourth-order valence-corrected chi connectivity index (χ4v) is 6.85. The van der Waals surface area contributed by atoms with E-state index in [1.54, 1.807) is 0 Å². The number of carbonyl (C=O) groups is 2. The standard InChI is InChI=1S/C21H30O3/c1-13(22)24-18-5-4-11-20(2)16-10-12-21(3)15(8-9-19(21)23)14(16)6-7-17(18)20/h7,14-16,18H,4-6,8-12H2,1-3H3/t14-,15-,16-,18?,20+,21-/m0/s1. The average molecular weight is 330 g/mol. The van der Waals surface area contributed by atoms with Gasteiger partial charge in [0.2, 0.25) is 0 Å². The molecule has 3 saturated carbocycles. The summed E-state index contributed by atoms with van der Waals surface area (Å²) in [5.41, 5.74) is 1.49. The Morgan fingerprint density at radius 3 is 2.62 bits per heavy atom. The normalized spacial score (nSPS) is 47.3. The highest BCUT2D eigenvalue weighted by molar-refractivity contribution is 5.87. The first kappa shape index (κ1) is 16.4. The molecule has 0 aromatic heterocycles. The van der Waals surface area contributed by atoms with E-state index in [0.717, 1.165) is 44.9 Å². The first-order valence-electron chi connectivity index (χ1n) is 9.77.